The van der Waals surface area contributed by atoms with Crippen LogP contribution in [-0.4, -0.2) is 34.7 Å². The van der Waals surface area contributed by atoms with Gasteiger partial charge < -0.3 is 10.2 Å². The molecule has 1 atom stereocenters. The van der Waals surface area contributed by atoms with E-state index in [4.69, 9.17) is 10.2 Å². The van der Waals surface area contributed by atoms with Crippen molar-refractivity contribution in [2.45, 2.75) is 26.8 Å². The minimum Gasteiger partial charge on any atom is -0.460 e. The van der Waals surface area contributed by atoms with Crippen molar-refractivity contribution in [3.8, 4) is 11.5 Å². The molecule has 1 aliphatic heterocycles. The third kappa shape index (κ3) is 2.51. The lowest BCUT2D eigenvalue weighted by atomic mass is 9.90. The zero-order valence-corrected chi connectivity index (χ0v) is 12.1. The minimum atomic E-state index is 0.255. The number of aromatic nitrogens is 2. The van der Waals surface area contributed by atoms with Crippen LogP contribution in [0.2, 0.25) is 0 Å². The molecule has 20 heavy (non-hydrogen) atoms. The Morgan fingerprint density at radius 2 is 2.35 bits per heavy atom. The molecule has 1 fully saturated rings. The van der Waals surface area contributed by atoms with Gasteiger partial charge in [0.2, 0.25) is 0 Å². The Kier molecular flexibility index (Phi) is 3.40. The van der Waals surface area contributed by atoms with Crippen LogP contribution in [0.3, 0.4) is 0 Å². The summed E-state index contributed by atoms with van der Waals surface area (Å²) < 4.78 is 5.69. The molecule has 0 bridgehead atoms. The van der Waals surface area contributed by atoms with Gasteiger partial charge in [-0.25, -0.2) is 0 Å². The monoisotopic (exact) mass is 274 g/mol. The third-order valence-corrected chi connectivity index (χ3v) is 4.23. The maximum atomic E-state index is 5.87. The molecule has 1 aliphatic rings. The number of aryl methyl sites for hydroxylation is 1. The second-order valence-corrected chi connectivity index (χ2v) is 6.16. The number of rotatable bonds is 4. The predicted molar refractivity (Wildman–Crippen MR) is 78.1 cm³/mol. The van der Waals surface area contributed by atoms with Gasteiger partial charge in [-0.15, -0.1) is 0 Å². The molecule has 2 aromatic rings. The van der Waals surface area contributed by atoms with Crippen molar-refractivity contribution in [3.05, 3.63) is 29.7 Å². The van der Waals surface area contributed by atoms with Crippen LogP contribution < -0.4 is 5.73 Å². The summed E-state index contributed by atoms with van der Waals surface area (Å²) in [6, 6.07) is 3.96. The van der Waals surface area contributed by atoms with Crippen molar-refractivity contribution >= 4 is 0 Å². The number of likely N-dealkylation sites (tertiary alicyclic amines) is 1. The highest BCUT2D eigenvalue weighted by Crippen LogP contribution is 2.31. The molecular formula is C15H22N4O. The molecule has 108 valence electrons. The van der Waals surface area contributed by atoms with Crippen LogP contribution in [0.15, 0.2) is 22.7 Å². The zero-order valence-electron chi connectivity index (χ0n) is 12.1. The summed E-state index contributed by atoms with van der Waals surface area (Å²) in [5, 5.41) is 7.22. The van der Waals surface area contributed by atoms with E-state index in [1.54, 1.807) is 0 Å². The summed E-state index contributed by atoms with van der Waals surface area (Å²) in [7, 11) is 0. The van der Waals surface area contributed by atoms with Crippen molar-refractivity contribution in [2.75, 3.05) is 19.6 Å². The Hall–Kier alpha value is -1.59. The number of nitrogens with two attached hydrogens (primary N) is 1. The van der Waals surface area contributed by atoms with E-state index < -0.39 is 0 Å². The second-order valence-electron chi connectivity index (χ2n) is 6.16. The Morgan fingerprint density at radius 1 is 1.50 bits per heavy atom. The topological polar surface area (TPSA) is 71.1 Å². The van der Waals surface area contributed by atoms with E-state index in [9.17, 15) is 0 Å². The number of hydrogen-bond donors (Lipinski definition) is 2. The van der Waals surface area contributed by atoms with E-state index in [0.717, 1.165) is 49.8 Å². The Morgan fingerprint density at radius 3 is 3.00 bits per heavy atom. The summed E-state index contributed by atoms with van der Waals surface area (Å²) in [4.78, 5) is 2.44. The van der Waals surface area contributed by atoms with Gasteiger partial charge in [0.25, 0.3) is 0 Å². The van der Waals surface area contributed by atoms with E-state index in [2.05, 4.69) is 22.0 Å². The zero-order chi connectivity index (χ0) is 14.2. The summed E-state index contributed by atoms with van der Waals surface area (Å²) in [5.74, 6) is 1.77. The number of H-pyrrole nitrogens is 1. The number of hydrogen-bond acceptors (Lipinski definition) is 4. The Balaban J connectivity index is 1.75. The van der Waals surface area contributed by atoms with Crippen LogP contribution in [0.1, 0.15) is 24.7 Å². The van der Waals surface area contributed by atoms with Crippen molar-refractivity contribution in [1.82, 2.24) is 15.1 Å². The Bertz CT molecular complexity index is 588. The molecule has 3 heterocycles. The molecule has 0 amide bonds. The van der Waals surface area contributed by atoms with Gasteiger partial charge in [-0.3, -0.25) is 10.00 Å². The first-order valence-electron chi connectivity index (χ1n) is 7.11. The molecule has 0 saturated carbocycles. The molecule has 2 aromatic heterocycles. The van der Waals surface area contributed by atoms with Gasteiger partial charge in [0, 0.05) is 18.7 Å². The molecule has 5 heteroatoms. The van der Waals surface area contributed by atoms with Gasteiger partial charge in [0.1, 0.15) is 11.5 Å². The number of nitrogens with one attached hydrogen (secondary N) is 1. The molecule has 0 radical (unpaired) electrons. The van der Waals surface area contributed by atoms with Crippen LogP contribution in [0.25, 0.3) is 11.5 Å². The van der Waals surface area contributed by atoms with Crippen molar-refractivity contribution in [3.63, 3.8) is 0 Å². The molecular weight excluding hydrogens is 252 g/mol. The SMILES string of the molecule is Cc1ccc(-c2[nH]ncc2CN2CCC(C)(CN)C2)o1. The third-order valence-electron chi connectivity index (χ3n) is 4.23. The summed E-state index contributed by atoms with van der Waals surface area (Å²) in [5.41, 5.74) is 8.29. The van der Waals surface area contributed by atoms with E-state index >= 15 is 0 Å². The predicted octanol–water partition coefficient (Wildman–Crippen LogP) is 2.15. The fraction of sp³-hybridized carbons (Fsp3) is 0.533. The van der Waals surface area contributed by atoms with E-state index in [0.29, 0.717) is 0 Å². The molecule has 0 aromatic carbocycles. The fourth-order valence-corrected chi connectivity index (χ4v) is 2.88. The average Bonchev–Trinajstić information content (AvgIpc) is 3.12. The van der Waals surface area contributed by atoms with Gasteiger partial charge in [-0.2, -0.15) is 5.10 Å². The van der Waals surface area contributed by atoms with Gasteiger partial charge in [-0.05, 0) is 44.0 Å². The standard InChI is InChI=1S/C15H22N4O/c1-11-3-4-13(20-11)14-12(7-17-18-14)8-19-6-5-15(2,9-16)10-19/h3-4,7H,5-6,8-10,16H2,1-2H3,(H,17,18). The number of furan rings is 1. The van der Waals surface area contributed by atoms with Crippen molar-refractivity contribution < 1.29 is 4.42 Å². The molecule has 1 saturated heterocycles. The van der Waals surface area contributed by atoms with E-state index in [1.807, 2.05) is 25.3 Å². The lowest BCUT2D eigenvalue weighted by molar-refractivity contribution is 0.274. The van der Waals surface area contributed by atoms with Crippen LogP contribution in [-0.2, 0) is 6.54 Å². The van der Waals surface area contributed by atoms with Crippen LogP contribution >= 0.6 is 0 Å². The average molecular weight is 274 g/mol. The quantitative estimate of drug-likeness (QED) is 0.896. The molecule has 0 aliphatic carbocycles. The highest BCUT2D eigenvalue weighted by Gasteiger charge is 2.32. The van der Waals surface area contributed by atoms with Crippen molar-refractivity contribution in [2.24, 2.45) is 11.1 Å². The molecule has 1 unspecified atom stereocenters. The van der Waals surface area contributed by atoms with Crippen molar-refractivity contribution in [1.29, 1.82) is 0 Å². The maximum Gasteiger partial charge on any atom is 0.152 e. The number of nitrogens with zero attached hydrogens (tertiary/aromatic N) is 2. The first kappa shape index (κ1) is 13.4. The van der Waals surface area contributed by atoms with Gasteiger partial charge in [0.05, 0.1) is 6.20 Å². The first-order valence-corrected chi connectivity index (χ1v) is 7.11. The Labute approximate surface area is 119 Å². The molecule has 3 N–H and O–H groups in total. The van der Waals surface area contributed by atoms with E-state index in [-0.39, 0.29) is 5.41 Å². The molecule has 3 rings (SSSR count). The highest BCUT2D eigenvalue weighted by atomic mass is 16.3. The molecule has 5 nitrogen and oxygen atoms in total. The summed E-state index contributed by atoms with van der Waals surface area (Å²) in [6.45, 7) is 7.99. The largest absolute Gasteiger partial charge is 0.460 e. The van der Waals surface area contributed by atoms with E-state index in [1.165, 1.54) is 5.56 Å². The van der Waals surface area contributed by atoms with Gasteiger partial charge in [0.15, 0.2) is 5.76 Å². The lowest BCUT2D eigenvalue weighted by Gasteiger charge is -2.22. The maximum absolute atomic E-state index is 5.87. The second kappa shape index (κ2) is 5.07. The fourth-order valence-electron chi connectivity index (χ4n) is 2.88. The first-order chi connectivity index (χ1) is 9.59. The van der Waals surface area contributed by atoms with Gasteiger partial charge >= 0.3 is 0 Å². The normalized spacial score (nSPS) is 23.6. The van der Waals surface area contributed by atoms with Crippen LogP contribution in [0.5, 0.6) is 0 Å². The van der Waals surface area contributed by atoms with Crippen LogP contribution in [0, 0.1) is 12.3 Å². The minimum absolute atomic E-state index is 0.255. The lowest BCUT2D eigenvalue weighted by Crippen LogP contribution is -2.31. The summed E-state index contributed by atoms with van der Waals surface area (Å²) >= 11 is 0. The highest BCUT2D eigenvalue weighted by molar-refractivity contribution is 5.56. The molecule has 0 spiro atoms. The van der Waals surface area contributed by atoms with Crippen LogP contribution in [0.4, 0.5) is 0 Å². The van der Waals surface area contributed by atoms with Gasteiger partial charge in [-0.1, -0.05) is 6.92 Å². The summed E-state index contributed by atoms with van der Waals surface area (Å²) in [6.07, 6.45) is 3.06. The number of aromatic amines is 1. The smallest absolute Gasteiger partial charge is 0.152 e.